The monoisotopic (exact) mass is 949 g/mol. The van der Waals surface area contributed by atoms with Crippen LogP contribution in [-0.4, -0.2) is 33.5 Å². The molecule has 0 aliphatic heterocycles. The predicted octanol–water partition coefficient (Wildman–Crippen LogP) is 20.5. The highest BCUT2D eigenvalue weighted by molar-refractivity contribution is 6.36. The summed E-state index contributed by atoms with van der Waals surface area (Å²) in [6, 6.07) is 0. The normalized spacial score (nSPS) is 25.5. The zero-order valence-corrected chi connectivity index (χ0v) is 47.5. The van der Waals surface area contributed by atoms with Crippen molar-refractivity contribution in [1.29, 1.82) is 0 Å². The van der Waals surface area contributed by atoms with Crippen molar-refractivity contribution in [2.24, 2.45) is 51.8 Å². The van der Waals surface area contributed by atoms with Crippen LogP contribution in [0.25, 0.3) is 0 Å². The molecule has 0 heterocycles. The third-order valence-corrected chi connectivity index (χ3v) is 22.8. The highest BCUT2D eigenvalue weighted by atomic mass is 27.3. The standard InChI is InChI=1S/3C21H39O.Al/c3*1-3-5-14-21(15-6-4-2)16-12-19(13-17-21)20(22)18-10-8-7-9-11-18;/h3*18-20H,3-17H2,1-2H3;/q3*-1;+3. The molecule has 3 unspecified atom stereocenters. The van der Waals surface area contributed by atoms with Crippen molar-refractivity contribution in [2.75, 3.05) is 0 Å². The summed E-state index contributed by atoms with van der Waals surface area (Å²) in [6.07, 6.45) is 64.2. The second-order valence-corrected chi connectivity index (χ2v) is 27.3. The van der Waals surface area contributed by atoms with Gasteiger partial charge in [0.1, 0.15) is 0 Å². The molecule has 0 amide bonds. The lowest BCUT2D eigenvalue weighted by molar-refractivity contribution is -0.0949. The second kappa shape index (κ2) is 30.6. The Bertz CT molecular complexity index is 1060. The van der Waals surface area contributed by atoms with Gasteiger partial charge in [0.2, 0.25) is 0 Å². The van der Waals surface area contributed by atoms with Gasteiger partial charge in [-0.1, -0.05) is 176 Å². The first-order valence-corrected chi connectivity index (χ1v) is 33.2. The van der Waals surface area contributed by atoms with Gasteiger partial charge in [0.05, 0.1) is 0 Å². The molecule has 67 heavy (non-hydrogen) atoms. The van der Waals surface area contributed by atoms with Gasteiger partial charge in [-0.15, -0.1) is 0 Å². The molecule has 0 aromatic carbocycles. The fraction of sp³-hybridized carbons (Fsp3) is 1.00. The third-order valence-electron chi connectivity index (χ3n) is 21.2. The van der Waals surface area contributed by atoms with E-state index in [-0.39, 0.29) is 0 Å². The van der Waals surface area contributed by atoms with E-state index in [0.717, 1.165) is 0 Å². The van der Waals surface area contributed by atoms with E-state index in [0.29, 0.717) is 70.1 Å². The Kier molecular flexibility index (Phi) is 25.9. The van der Waals surface area contributed by atoms with Crippen LogP contribution < -0.4 is 0 Å². The number of hydrogen-bond acceptors (Lipinski definition) is 3. The van der Waals surface area contributed by atoms with Crippen molar-refractivity contribution in [3.8, 4) is 0 Å². The van der Waals surface area contributed by atoms with Crippen molar-refractivity contribution in [3.05, 3.63) is 0 Å². The van der Waals surface area contributed by atoms with Crippen LogP contribution in [0.5, 0.6) is 0 Å². The lowest BCUT2D eigenvalue weighted by Gasteiger charge is -2.48. The van der Waals surface area contributed by atoms with Gasteiger partial charge in [0.25, 0.3) is 0 Å². The average molecular weight is 950 g/mol. The number of hydrogen-bond donors (Lipinski definition) is 0. The fourth-order valence-electron chi connectivity index (χ4n) is 16.6. The van der Waals surface area contributed by atoms with Gasteiger partial charge in [-0.25, -0.2) is 0 Å². The van der Waals surface area contributed by atoms with E-state index in [9.17, 15) is 0 Å². The Morgan fingerprint density at radius 2 is 0.493 bits per heavy atom. The van der Waals surface area contributed by atoms with E-state index < -0.39 is 15.1 Å². The van der Waals surface area contributed by atoms with Gasteiger partial charge in [-0.05, 0) is 206 Å². The van der Waals surface area contributed by atoms with Crippen LogP contribution in [0.15, 0.2) is 0 Å². The molecule has 0 bridgehead atoms. The maximum atomic E-state index is 8.17. The molecule has 0 aromatic rings. The molecule has 0 spiro atoms. The summed E-state index contributed by atoms with van der Waals surface area (Å²) < 4.78 is 24.5. The first-order chi connectivity index (χ1) is 32.8. The smallest absolute Gasteiger partial charge is 0.451 e. The van der Waals surface area contributed by atoms with Crippen molar-refractivity contribution >= 4 is 15.1 Å². The van der Waals surface area contributed by atoms with Gasteiger partial charge < -0.3 is 11.4 Å². The summed E-state index contributed by atoms with van der Waals surface area (Å²) in [4.78, 5) is 0. The minimum absolute atomic E-state index is 0.343. The molecular formula is C63H117AlO3. The SMILES string of the molecule is CCCCC1(CCCC)CCC(C([O][Al]([O]C(C2CCCCC2)C2CCC(CCCC)(CCCC)CC2)[O]C(C2CCCCC2)C2CCC(CCCC)(CCCC)CC2)C2CCCCC2)CC1. The molecule has 0 aromatic heterocycles. The van der Waals surface area contributed by atoms with Crippen LogP contribution in [0.3, 0.4) is 0 Å². The zero-order valence-electron chi connectivity index (χ0n) is 46.3. The molecule has 3 atom stereocenters. The minimum atomic E-state index is -2.54. The van der Waals surface area contributed by atoms with Gasteiger partial charge >= 0.3 is 15.1 Å². The zero-order chi connectivity index (χ0) is 47.2. The van der Waals surface area contributed by atoms with E-state index in [1.165, 1.54) is 289 Å². The van der Waals surface area contributed by atoms with E-state index in [1.807, 2.05) is 0 Å². The molecule has 6 saturated carbocycles. The summed E-state index contributed by atoms with van der Waals surface area (Å²) in [5.41, 5.74) is 1.74. The van der Waals surface area contributed by atoms with Crippen LogP contribution >= 0.6 is 0 Å². The lowest BCUT2D eigenvalue weighted by Crippen LogP contribution is -2.50. The van der Waals surface area contributed by atoms with Crippen molar-refractivity contribution in [3.63, 3.8) is 0 Å². The summed E-state index contributed by atoms with van der Waals surface area (Å²) in [7, 11) is 0. The lowest BCUT2D eigenvalue weighted by atomic mass is 9.63. The van der Waals surface area contributed by atoms with Gasteiger partial charge in [0.15, 0.2) is 0 Å². The molecule has 6 rings (SSSR count). The van der Waals surface area contributed by atoms with Crippen molar-refractivity contribution in [1.82, 2.24) is 0 Å². The molecule has 390 valence electrons. The van der Waals surface area contributed by atoms with E-state index in [4.69, 9.17) is 11.4 Å². The topological polar surface area (TPSA) is 27.7 Å². The maximum absolute atomic E-state index is 8.17. The summed E-state index contributed by atoms with van der Waals surface area (Å²) in [5.74, 6) is 4.14. The molecular weight excluding hydrogens is 832 g/mol. The van der Waals surface area contributed by atoms with Gasteiger partial charge in [-0.3, -0.25) is 0 Å². The Labute approximate surface area is 424 Å². The van der Waals surface area contributed by atoms with Crippen LogP contribution in [0.1, 0.15) is 330 Å². The highest BCUT2D eigenvalue weighted by Crippen LogP contribution is 2.53. The Balaban J connectivity index is 1.32. The third kappa shape index (κ3) is 17.2. The van der Waals surface area contributed by atoms with Crippen LogP contribution in [0.4, 0.5) is 0 Å². The van der Waals surface area contributed by atoms with Crippen molar-refractivity contribution < 1.29 is 11.4 Å². The first kappa shape index (κ1) is 56.7. The molecule has 6 aliphatic carbocycles. The van der Waals surface area contributed by atoms with Gasteiger partial charge in [-0.2, -0.15) is 0 Å². The minimum Gasteiger partial charge on any atom is -0.451 e. The van der Waals surface area contributed by atoms with Crippen LogP contribution in [0.2, 0.25) is 0 Å². The number of unbranched alkanes of at least 4 members (excludes halogenated alkanes) is 6. The van der Waals surface area contributed by atoms with E-state index in [1.54, 1.807) is 0 Å². The molecule has 0 radical (unpaired) electrons. The largest absolute Gasteiger partial charge is 0.906 e. The van der Waals surface area contributed by atoms with Crippen LogP contribution in [0, 0.1) is 51.8 Å². The predicted molar refractivity (Wildman–Crippen MR) is 290 cm³/mol. The second-order valence-electron chi connectivity index (χ2n) is 25.9. The molecule has 3 nitrogen and oxygen atoms in total. The van der Waals surface area contributed by atoms with Gasteiger partial charge in [0, 0.05) is 18.3 Å². The first-order valence-electron chi connectivity index (χ1n) is 31.8. The molecule has 4 heteroatoms. The maximum Gasteiger partial charge on any atom is 0.906 e. The average Bonchev–Trinajstić information content (AvgIpc) is 3.39. The summed E-state index contributed by atoms with van der Waals surface area (Å²) in [6.45, 7) is 14.5. The van der Waals surface area contributed by atoms with E-state index >= 15 is 0 Å². The molecule has 0 N–H and O–H groups in total. The number of rotatable bonds is 30. The molecule has 0 saturated heterocycles. The fourth-order valence-corrected chi connectivity index (χ4v) is 18.9. The van der Waals surface area contributed by atoms with E-state index in [2.05, 4.69) is 41.5 Å². The highest BCUT2D eigenvalue weighted by Gasteiger charge is 2.51. The van der Waals surface area contributed by atoms with Crippen LogP contribution in [-0.2, 0) is 11.4 Å². The molecule has 6 fully saturated rings. The van der Waals surface area contributed by atoms with Crippen molar-refractivity contribution in [2.45, 2.75) is 349 Å². The Morgan fingerprint density at radius 3 is 0.687 bits per heavy atom. The Morgan fingerprint density at radius 1 is 0.299 bits per heavy atom. The quantitative estimate of drug-likeness (QED) is 0.0672. The summed E-state index contributed by atoms with van der Waals surface area (Å²) in [5, 5.41) is 0. The molecule has 6 aliphatic rings. The summed E-state index contributed by atoms with van der Waals surface area (Å²) >= 11 is -2.54. The Hall–Kier alpha value is 0.412.